The minimum absolute atomic E-state index is 0.341. The lowest BCUT2D eigenvalue weighted by Crippen LogP contribution is -2.19. The number of fused-ring (bicyclic) bond motifs is 1. The van der Waals surface area contributed by atoms with E-state index in [-0.39, 0.29) is 0 Å². The number of ether oxygens (including phenoxy) is 2. The van der Waals surface area contributed by atoms with Gasteiger partial charge in [0.2, 0.25) is 6.79 Å². The highest BCUT2D eigenvalue weighted by molar-refractivity contribution is 5.48. The summed E-state index contributed by atoms with van der Waals surface area (Å²) in [6.07, 6.45) is 1.14. The van der Waals surface area contributed by atoms with Gasteiger partial charge in [0, 0.05) is 6.54 Å². The normalized spacial score (nSPS) is 13.1. The van der Waals surface area contributed by atoms with Crippen LogP contribution in [0.1, 0.15) is 17.5 Å². The summed E-state index contributed by atoms with van der Waals surface area (Å²) >= 11 is 0. The highest BCUT2D eigenvalue weighted by Gasteiger charge is 2.15. The van der Waals surface area contributed by atoms with E-state index < -0.39 is 0 Å². The van der Waals surface area contributed by atoms with Gasteiger partial charge in [-0.1, -0.05) is 0 Å². The quantitative estimate of drug-likeness (QED) is 0.733. The van der Waals surface area contributed by atoms with Gasteiger partial charge >= 0.3 is 0 Å². The first kappa shape index (κ1) is 12.2. The van der Waals surface area contributed by atoms with Crippen LogP contribution in [0.3, 0.4) is 0 Å². The monoisotopic (exact) mass is 236 g/mol. The Balaban J connectivity index is 1.88. The molecule has 0 spiro atoms. The van der Waals surface area contributed by atoms with Crippen LogP contribution < -0.4 is 20.1 Å². The molecule has 4 nitrogen and oxygen atoms in total. The first-order valence-corrected chi connectivity index (χ1v) is 6.05. The number of benzene rings is 1. The third kappa shape index (κ3) is 3.11. The summed E-state index contributed by atoms with van der Waals surface area (Å²) in [5, 5.41) is 6.57. The van der Waals surface area contributed by atoms with Crippen molar-refractivity contribution in [3.63, 3.8) is 0 Å². The molecule has 0 bridgehead atoms. The van der Waals surface area contributed by atoms with Crippen LogP contribution in [0.4, 0.5) is 0 Å². The lowest BCUT2D eigenvalue weighted by Gasteiger charge is -2.09. The molecule has 0 saturated heterocycles. The minimum Gasteiger partial charge on any atom is -0.454 e. The van der Waals surface area contributed by atoms with Crippen molar-refractivity contribution in [2.45, 2.75) is 19.9 Å². The summed E-state index contributed by atoms with van der Waals surface area (Å²) in [6.45, 7) is 5.40. The van der Waals surface area contributed by atoms with Gasteiger partial charge in [-0.2, -0.15) is 0 Å². The Labute approximate surface area is 102 Å². The van der Waals surface area contributed by atoms with Gasteiger partial charge < -0.3 is 20.1 Å². The largest absolute Gasteiger partial charge is 0.454 e. The van der Waals surface area contributed by atoms with Gasteiger partial charge in [-0.15, -0.1) is 0 Å². The summed E-state index contributed by atoms with van der Waals surface area (Å²) in [5.41, 5.74) is 2.52. The summed E-state index contributed by atoms with van der Waals surface area (Å²) in [7, 11) is 1.97. The Bertz CT molecular complexity index is 380. The third-order valence-electron chi connectivity index (χ3n) is 2.93. The maximum absolute atomic E-state index is 5.38. The van der Waals surface area contributed by atoms with Crippen molar-refractivity contribution >= 4 is 0 Å². The summed E-state index contributed by atoms with van der Waals surface area (Å²) in [5.74, 6) is 1.73. The first-order chi connectivity index (χ1) is 8.31. The molecule has 1 aliphatic heterocycles. The average Bonchev–Trinajstić information content (AvgIpc) is 2.76. The summed E-state index contributed by atoms with van der Waals surface area (Å²) in [4.78, 5) is 0. The molecule has 0 saturated carbocycles. The minimum atomic E-state index is 0.341. The molecule has 0 fully saturated rings. The zero-order chi connectivity index (χ0) is 12.1. The molecule has 0 unspecified atom stereocenters. The second kappa shape index (κ2) is 5.89. The predicted octanol–water partition coefficient (Wildman–Crippen LogP) is 1.42. The molecule has 1 aliphatic rings. The molecule has 1 aromatic rings. The van der Waals surface area contributed by atoms with E-state index in [9.17, 15) is 0 Å². The van der Waals surface area contributed by atoms with Crippen LogP contribution in [-0.2, 0) is 6.54 Å². The summed E-state index contributed by atoms with van der Waals surface area (Å²) < 4.78 is 10.7. The number of nitrogens with one attached hydrogen (secondary N) is 2. The molecule has 0 amide bonds. The molecule has 0 aliphatic carbocycles. The van der Waals surface area contributed by atoms with E-state index >= 15 is 0 Å². The lowest BCUT2D eigenvalue weighted by molar-refractivity contribution is 0.174. The molecule has 1 heterocycles. The van der Waals surface area contributed by atoms with Gasteiger partial charge in [-0.3, -0.25) is 0 Å². The van der Waals surface area contributed by atoms with Crippen LogP contribution >= 0.6 is 0 Å². The molecule has 17 heavy (non-hydrogen) atoms. The van der Waals surface area contributed by atoms with E-state index in [4.69, 9.17) is 9.47 Å². The number of hydrogen-bond acceptors (Lipinski definition) is 4. The second-order valence-corrected chi connectivity index (χ2v) is 4.27. The molecule has 1 aromatic carbocycles. The smallest absolute Gasteiger partial charge is 0.231 e. The fourth-order valence-corrected chi connectivity index (χ4v) is 1.89. The zero-order valence-corrected chi connectivity index (χ0v) is 10.5. The maximum atomic E-state index is 5.38. The third-order valence-corrected chi connectivity index (χ3v) is 2.93. The maximum Gasteiger partial charge on any atom is 0.231 e. The van der Waals surface area contributed by atoms with E-state index in [1.54, 1.807) is 0 Å². The van der Waals surface area contributed by atoms with Gasteiger partial charge in [0.1, 0.15) is 0 Å². The van der Waals surface area contributed by atoms with Crippen molar-refractivity contribution in [2.75, 3.05) is 26.9 Å². The van der Waals surface area contributed by atoms with Crippen LogP contribution in [0.15, 0.2) is 12.1 Å². The zero-order valence-electron chi connectivity index (χ0n) is 10.5. The molecule has 4 heteroatoms. The van der Waals surface area contributed by atoms with Crippen molar-refractivity contribution in [1.29, 1.82) is 0 Å². The van der Waals surface area contributed by atoms with Crippen LogP contribution in [0, 0.1) is 6.92 Å². The Morgan fingerprint density at radius 1 is 1.18 bits per heavy atom. The van der Waals surface area contributed by atoms with Crippen molar-refractivity contribution in [1.82, 2.24) is 10.6 Å². The molecule has 2 rings (SSSR count). The van der Waals surface area contributed by atoms with E-state index in [1.165, 1.54) is 11.1 Å². The van der Waals surface area contributed by atoms with Crippen LogP contribution in [-0.4, -0.2) is 26.9 Å². The van der Waals surface area contributed by atoms with E-state index in [0.29, 0.717) is 6.79 Å². The topological polar surface area (TPSA) is 42.5 Å². The number of rotatable bonds is 6. The Kier molecular flexibility index (Phi) is 4.23. The van der Waals surface area contributed by atoms with Crippen LogP contribution in [0.2, 0.25) is 0 Å². The fraction of sp³-hybridized carbons (Fsp3) is 0.538. The Morgan fingerprint density at radius 2 is 1.94 bits per heavy atom. The van der Waals surface area contributed by atoms with Crippen molar-refractivity contribution in [2.24, 2.45) is 0 Å². The average molecular weight is 236 g/mol. The Hall–Kier alpha value is -1.26. The predicted molar refractivity (Wildman–Crippen MR) is 67.6 cm³/mol. The van der Waals surface area contributed by atoms with Crippen molar-refractivity contribution in [3.8, 4) is 11.5 Å². The van der Waals surface area contributed by atoms with Gasteiger partial charge in [-0.25, -0.2) is 0 Å². The van der Waals surface area contributed by atoms with Crippen molar-refractivity contribution in [3.05, 3.63) is 23.3 Å². The standard InChI is InChI=1S/C13H20N2O2/c1-10-6-12-13(17-9-16-12)7-11(10)8-15-5-3-4-14-2/h6-7,14-15H,3-5,8-9H2,1-2H3. The van der Waals surface area contributed by atoms with E-state index in [1.807, 2.05) is 13.1 Å². The summed E-state index contributed by atoms with van der Waals surface area (Å²) in [6, 6.07) is 4.12. The molecule has 2 N–H and O–H groups in total. The highest BCUT2D eigenvalue weighted by Crippen LogP contribution is 2.34. The second-order valence-electron chi connectivity index (χ2n) is 4.27. The molecular formula is C13H20N2O2. The fourth-order valence-electron chi connectivity index (χ4n) is 1.89. The molecule has 94 valence electrons. The van der Waals surface area contributed by atoms with Crippen LogP contribution in [0.25, 0.3) is 0 Å². The molecule has 0 aromatic heterocycles. The van der Waals surface area contributed by atoms with E-state index in [0.717, 1.165) is 37.6 Å². The van der Waals surface area contributed by atoms with Gasteiger partial charge in [0.15, 0.2) is 11.5 Å². The van der Waals surface area contributed by atoms with Gasteiger partial charge in [0.25, 0.3) is 0 Å². The van der Waals surface area contributed by atoms with Gasteiger partial charge in [-0.05, 0) is 56.7 Å². The Morgan fingerprint density at radius 3 is 2.71 bits per heavy atom. The van der Waals surface area contributed by atoms with E-state index in [2.05, 4.69) is 23.6 Å². The number of aryl methyl sites for hydroxylation is 1. The highest BCUT2D eigenvalue weighted by atomic mass is 16.7. The molecule has 0 atom stereocenters. The van der Waals surface area contributed by atoms with Crippen molar-refractivity contribution < 1.29 is 9.47 Å². The first-order valence-electron chi connectivity index (χ1n) is 6.05. The SMILES string of the molecule is CNCCCNCc1cc2c(cc1C)OCO2. The molecule has 0 radical (unpaired) electrons. The van der Waals surface area contributed by atoms with Gasteiger partial charge in [0.05, 0.1) is 0 Å². The van der Waals surface area contributed by atoms with Crippen LogP contribution in [0.5, 0.6) is 11.5 Å². The lowest BCUT2D eigenvalue weighted by atomic mass is 10.1. The molecular weight excluding hydrogens is 216 g/mol. The number of hydrogen-bond donors (Lipinski definition) is 2.